The lowest BCUT2D eigenvalue weighted by Gasteiger charge is -2.26. The average Bonchev–Trinajstić information content (AvgIpc) is 2.55. The van der Waals surface area contributed by atoms with Gasteiger partial charge in [0.1, 0.15) is 11.8 Å². The number of hydrogen-bond acceptors (Lipinski definition) is 2. The number of nitrogens with two attached hydrogens (primary N) is 1. The second-order valence-corrected chi connectivity index (χ2v) is 5.00. The van der Waals surface area contributed by atoms with Crippen molar-refractivity contribution in [3.8, 4) is 11.1 Å². The summed E-state index contributed by atoms with van der Waals surface area (Å²) in [7, 11) is 1.58. The van der Waals surface area contributed by atoms with E-state index in [1.165, 1.54) is 0 Å². The van der Waals surface area contributed by atoms with E-state index in [0.29, 0.717) is 0 Å². The summed E-state index contributed by atoms with van der Waals surface area (Å²) in [6, 6.07) is 17.8. The summed E-state index contributed by atoms with van der Waals surface area (Å²) in [5.41, 5.74) is 7.78. The molecule has 0 saturated heterocycles. The van der Waals surface area contributed by atoms with Crippen molar-refractivity contribution in [1.82, 2.24) is 5.32 Å². The van der Waals surface area contributed by atoms with Crippen molar-refractivity contribution in [2.45, 2.75) is 12.5 Å². The van der Waals surface area contributed by atoms with Crippen molar-refractivity contribution >= 4 is 12.2 Å². The van der Waals surface area contributed by atoms with Gasteiger partial charge in [-0.1, -0.05) is 48.5 Å². The lowest BCUT2D eigenvalue weighted by molar-refractivity contribution is -0.112. The van der Waals surface area contributed by atoms with E-state index in [2.05, 4.69) is 10.3 Å². The van der Waals surface area contributed by atoms with Gasteiger partial charge in [-0.05, 0) is 29.7 Å². The van der Waals surface area contributed by atoms with Gasteiger partial charge in [0.05, 0.1) is 0 Å². The minimum absolute atomic E-state index is 0.231. The van der Waals surface area contributed by atoms with Gasteiger partial charge in [-0.2, -0.15) is 0 Å². The maximum Gasteiger partial charge on any atom is 0.189 e. The molecular formula is C17H19N3O. The zero-order valence-electron chi connectivity index (χ0n) is 12.2. The summed E-state index contributed by atoms with van der Waals surface area (Å²) >= 11 is 0. The fraction of sp³-hybridized carbons (Fsp3) is 0.176. The molecule has 108 valence electrons. The average molecular weight is 281 g/mol. The van der Waals surface area contributed by atoms with Gasteiger partial charge >= 0.3 is 0 Å². The third kappa shape index (κ3) is 3.28. The molecule has 3 N–H and O–H groups in total. The summed E-state index contributed by atoms with van der Waals surface area (Å²) in [6.45, 7) is 1.78. The van der Waals surface area contributed by atoms with Gasteiger partial charge < -0.3 is 15.8 Å². The molecule has 4 heteroatoms. The zero-order valence-corrected chi connectivity index (χ0v) is 12.2. The van der Waals surface area contributed by atoms with Crippen LogP contribution >= 0.6 is 0 Å². The van der Waals surface area contributed by atoms with Crippen LogP contribution in [0, 0.1) is 0 Å². The van der Waals surface area contributed by atoms with Crippen LogP contribution in [0.1, 0.15) is 12.5 Å². The first kappa shape index (κ1) is 14.8. The molecule has 2 aromatic rings. The summed E-state index contributed by atoms with van der Waals surface area (Å²) in [5.74, 6) is 0.231. The Morgan fingerprint density at radius 2 is 1.81 bits per heavy atom. The number of aldehydes is 1. The second kappa shape index (κ2) is 6.22. The molecule has 0 aliphatic rings. The van der Waals surface area contributed by atoms with Gasteiger partial charge in [-0.15, -0.1) is 0 Å². The predicted molar refractivity (Wildman–Crippen MR) is 86.0 cm³/mol. The van der Waals surface area contributed by atoms with Gasteiger partial charge in [0.2, 0.25) is 0 Å². The predicted octanol–water partition coefficient (Wildman–Crippen LogP) is 2.30. The molecule has 0 amide bonds. The molecule has 4 nitrogen and oxygen atoms in total. The van der Waals surface area contributed by atoms with Crippen LogP contribution in [-0.2, 0) is 10.3 Å². The Labute approximate surface area is 124 Å². The molecule has 1 unspecified atom stereocenters. The number of benzene rings is 2. The number of rotatable bonds is 4. The van der Waals surface area contributed by atoms with E-state index in [-0.39, 0.29) is 5.96 Å². The number of nitrogens with zero attached hydrogens (tertiary/aromatic N) is 1. The molecule has 0 aliphatic carbocycles. The number of aliphatic imine (C=N–C) groups is 1. The molecule has 0 aromatic heterocycles. The largest absolute Gasteiger partial charge is 0.370 e. The SMILES string of the molecule is CN=C(N)NC(C)(C=O)c1cccc(-c2ccccc2)c1. The van der Waals surface area contributed by atoms with Gasteiger partial charge in [-0.25, -0.2) is 0 Å². The molecule has 1 atom stereocenters. The van der Waals surface area contributed by atoms with Crippen LogP contribution in [0.4, 0.5) is 0 Å². The first-order valence-electron chi connectivity index (χ1n) is 6.72. The number of carbonyl (C=O) groups is 1. The number of nitrogens with one attached hydrogen (secondary N) is 1. The molecule has 2 rings (SSSR count). The molecule has 0 spiro atoms. The first-order chi connectivity index (χ1) is 10.1. The minimum Gasteiger partial charge on any atom is -0.370 e. The molecular weight excluding hydrogens is 262 g/mol. The van der Waals surface area contributed by atoms with Gasteiger partial charge in [0, 0.05) is 7.05 Å². The standard InChI is InChI=1S/C17H19N3O/c1-17(12-21,20-16(18)19-2)15-10-6-9-14(11-15)13-7-4-3-5-8-13/h3-12H,1-2H3,(H3,18,19,20). The van der Waals surface area contributed by atoms with Crippen LogP contribution in [-0.4, -0.2) is 19.3 Å². The van der Waals surface area contributed by atoms with Crippen molar-refractivity contribution in [2.75, 3.05) is 7.05 Å². The third-order valence-corrected chi connectivity index (χ3v) is 3.43. The Hall–Kier alpha value is -2.62. The lowest BCUT2D eigenvalue weighted by atomic mass is 9.91. The summed E-state index contributed by atoms with van der Waals surface area (Å²) in [4.78, 5) is 15.4. The van der Waals surface area contributed by atoms with Gasteiger partial charge in [0.25, 0.3) is 0 Å². The second-order valence-electron chi connectivity index (χ2n) is 5.00. The lowest BCUT2D eigenvalue weighted by Crippen LogP contribution is -2.48. The number of guanidine groups is 1. The topological polar surface area (TPSA) is 67.5 Å². The van der Waals surface area contributed by atoms with Crippen molar-refractivity contribution in [3.63, 3.8) is 0 Å². The summed E-state index contributed by atoms with van der Waals surface area (Å²) in [5, 5.41) is 2.95. The van der Waals surface area contributed by atoms with E-state index in [4.69, 9.17) is 5.73 Å². The van der Waals surface area contributed by atoms with E-state index in [9.17, 15) is 4.79 Å². The molecule has 0 fully saturated rings. The highest BCUT2D eigenvalue weighted by Gasteiger charge is 2.26. The Morgan fingerprint density at radius 1 is 1.14 bits per heavy atom. The van der Waals surface area contributed by atoms with Gasteiger partial charge in [0.15, 0.2) is 5.96 Å². The molecule has 0 aliphatic heterocycles. The molecule has 0 heterocycles. The van der Waals surface area contributed by atoms with E-state index in [1.807, 2.05) is 54.6 Å². The quantitative estimate of drug-likeness (QED) is 0.513. The zero-order chi connectivity index (χ0) is 15.3. The van der Waals surface area contributed by atoms with E-state index >= 15 is 0 Å². The van der Waals surface area contributed by atoms with Crippen LogP contribution in [0.15, 0.2) is 59.6 Å². The van der Waals surface area contributed by atoms with Crippen LogP contribution in [0.5, 0.6) is 0 Å². The highest BCUT2D eigenvalue weighted by molar-refractivity contribution is 5.84. The van der Waals surface area contributed by atoms with Crippen molar-refractivity contribution in [2.24, 2.45) is 10.7 Å². The van der Waals surface area contributed by atoms with Crippen LogP contribution < -0.4 is 11.1 Å². The molecule has 2 aromatic carbocycles. The first-order valence-corrected chi connectivity index (χ1v) is 6.72. The van der Waals surface area contributed by atoms with E-state index in [1.54, 1.807) is 14.0 Å². The van der Waals surface area contributed by atoms with Crippen LogP contribution in [0.2, 0.25) is 0 Å². The normalized spacial score (nSPS) is 14.3. The maximum absolute atomic E-state index is 11.6. The minimum atomic E-state index is -0.908. The summed E-state index contributed by atoms with van der Waals surface area (Å²) in [6.07, 6.45) is 0.842. The van der Waals surface area contributed by atoms with Crippen LogP contribution in [0.25, 0.3) is 11.1 Å². The number of hydrogen-bond donors (Lipinski definition) is 2. The smallest absolute Gasteiger partial charge is 0.189 e. The Kier molecular flexibility index (Phi) is 4.38. The fourth-order valence-electron chi connectivity index (χ4n) is 2.14. The molecule has 21 heavy (non-hydrogen) atoms. The monoisotopic (exact) mass is 281 g/mol. The van der Waals surface area contributed by atoms with Crippen molar-refractivity contribution in [3.05, 3.63) is 60.2 Å². The number of carbonyl (C=O) groups excluding carboxylic acids is 1. The molecule has 0 bridgehead atoms. The third-order valence-electron chi connectivity index (χ3n) is 3.43. The van der Waals surface area contributed by atoms with Gasteiger partial charge in [-0.3, -0.25) is 4.99 Å². The van der Waals surface area contributed by atoms with Crippen molar-refractivity contribution in [1.29, 1.82) is 0 Å². The van der Waals surface area contributed by atoms with Crippen molar-refractivity contribution < 1.29 is 4.79 Å². The maximum atomic E-state index is 11.6. The van der Waals surface area contributed by atoms with Crippen LogP contribution in [0.3, 0.4) is 0 Å². The Bertz CT molecular complexity index is 652. The van der Waals surface area contributed by atoms with E-state index in [0.717, 1.165) is 23.0 Å². The highest BCUT2D eigenvalue weighted by atomic mass is 16.1. The Balaban J connectivity index is 2.42. The Morgan fingerprint density at radius 3 is 2.43 bits per heavy atom. The highest BCUT2D eigenvalue weighted by Crippen LogP contribution is 2.25. The molecule has 0 radical (unpaired) electrons. The van der Waals surface area contributed by atoms with E-state index < -0.39 is 5.54 Å². The summed E-state index contributed by atoms with van der Waals surface area (Å²) < 4.78 is 0. The molecule has 0 saturated carbocycles. The fourth-order valence-corrected chi connectivity index (χ4v) is 2.14.